The molecule has 0 aromatic carbocycles. The maximum Gasteiger partial charge on any atom is 0.144 e. The standard InChI is InChI=1S/C6H7FN2.2C2H6/c1-4-5(7)2-3-6(8)9-4;2*1-2/h2-3H,1H3,(H2,8,9);2*1-2H3. The van der Waals surface area contributed by atoms with Gasteiger partial charge in [0.25, 0.3) is 0 Å². The summed E-state index contributed by atoms with van der Waals surface area (Å²) in [7, 11) is 0. The molecule has 0 fully saturated rings. The molecule has 76 valence electrons. The van der Waals surface area contributed by atoms with Crippen LogP contribution < -0.4 is 5.73 Å². The van der Waals surface area contributed by atoms with Gasteiger partial charge in [-0.2, -0.15) is 0 Å². The highest BCUT2D eigenvalue weighted by Crippen LogP contribution is 2.04. The van der Waals surface area contributed by atoms with E-state index in [-0.39, 0.29) is 5.82 Å². The molecular formula is C10H19FN2. The van der Waals surface area contributed by atoms with Gasteiger partial charge in [-0.3, -0.25) is 0 Å². The third-order valence-electron chi connectivity index (χ3n) is 1.04. The Bertz CT molecular complexity index is 224. The van der Waals surface area contributed by atoms with E-state index in [2.05, 4.69) is 4.98 Å². The monoisotopic (exact) mass is 186 g/mol. The molecule has 0 saturated heterocycles. The quantitative estimate of drug-likeness (QED) is 0.676. The van der Waals surface area contributed by atoms with Crippen molar-refractivity contribution >= 4 is 5.82 Å². The molecule has 0 bridgehead atoms. The van der Waals surface area contributed by atoms with Crippen molar-refractivity contribution in [1.82, 2.24) is 4.98 Å². The number of nitrogens with two attached hydrogens (primary N) is 1. The van der Waals surface area contributed by atoms with Gasteiger partial charge in [0.1, 0.15) is 11.6 Å². The summed E-state index contributed by atoms with van der Waals surface area (Å²) in [5.41, 5.74) is 5.59. The van der Waals surface area contributed by atoms with Gasteiger partial charge in [-0.25, -0.2) is 9.37 Å². The summed E-state index contributed by atoms with van der Waals surface area (Å²) in [5.74, 6) is 0.0399. The number of aryl methyl sites for hydroxylation is 1. The fourth-order valence-corrected chi connectivity index (χ4v) is 0.563. The van der Waals surface area contributed by atoms with Crippen LogP contribution in [0.1, 0.15) is 33.4 Å². The molecule has 0 atom stereocenters. The van der Waals surface area contributed by atoms with Crippen LogP contribution >= 0.6 is 0 Å². The number of anilines is 1. The van der Waals surface area contributed by atoms with Gasteiger partial charge < -0.3 is 5.73 Å². The van der Waals surface area contributed by atoms with Gasteiger partial charge in [0.2, 0.25) is 0 Å². The number of nitrogen functional groups attached to an aromatic ring is 1. The van der Waals surface area contributed by atoms with Crippen molar-refractivity contribution in [3.8, 4) is 0 Å². The number of pyridine rings is 1. The Morgan fingerprint density at radius 3 is 1.92 bits per heavy atom. The van der Waals surface area contributed by atoms with Crippen LogP contribution in [0.4, 0.5) is 10.2 Å². The normalized spacial score (nSPS) is 7.54. The first-order chi connectivity index (χ1) is 6.20. The molecule has 2 N–H and O–H groups in total. The minimum atomic E-state index is -0.316. The first kappa shape index (κ1) is 14.4. The fourth-order valence-electron chi connectivity index (χ4n) is 0.563. The molecule has 1 aromatic heterocycles. The molecule has 0 amide bonds. The molecule has 0 aliphatic heterocycles. The summed E-state index contributed by atoms with van der Waals surface area (Å²) in [6.45, 7) is 9.58. The Labute approximate surface area is 80.0 Å². The van der Waals surface area contributed by atoms with E-state index in [4.69, 9.17) is 5.73 Å². The highest BCUT2D eigenvalue weighted by molar-refractivity contribution is 5.28. The SMILES string of the molecule is CC.CC.Cc1nc(N)ccc1F. The van der Waals surface area contributed by atoms with E-state index < -0.39 is 0 Å². The molecule has 0 radical (unpaired) electrons. The molecule has 3 heteroatoms. The number of rotatable bonds is 0. The van der Waals surface area contributed by atoms with E-state index in [1.54, 1.807) is 6.92 Å². The highest BCUT2D eigenvalue weighted by Gasteiger charge is 1.95. The van der Waals surface area contributed by atoms with E-state index >= 15 is 0 Å². The van der Waals surface area contributed by atoms with Crippen LogP contribution in [0.25, 0.3) is 0 Å². The van der Waals surface area contributed by atoms with Gasteiger partial charge in [0, 0.05) is 0 Å². The Morgan fingerprint density at radius 2 is 1.62 bits per heavy atom. The minimum absolute atomic E-state index is 0.316. The van der Waals surface area contributed by atoms with Gasteiger partial charge in [-0.05, 0) is 19.1 Å². The second kappa shape index (κ2) is 8.97. The number of aromatic nitrogens is 1. The van der Waals surface area contributed by atoms with Gasteiger partial charge in [0.05, 0.1) is 5.69 Å². The highest BCUT2D eigenvalue weighted by atomic mass is 19.1. The average molecular weight is 186 g/mol. The van der Waals surface area contributed by atoms with Crippen molar-refractivity contribution in [2.45, 2.75) is 34.6 Å². The molecule has 0 saturated carbocycles. The van der Waals surface area contributed by atoms with E-state index in [1.165, 1.54) is 12.1 Å². The van der Waals surface area contributed by atoms with Crippen molar-refractivity contribution < 1.29 is 4.39 Å². The Morgan fingerprint density at radius 1 is 1.15 bits per heavy atom. The lowest BCUT2D eigenvalue weighted by Gasteiger charge is -1.94. The van der Waals surface area contributed by atoms with Crippen LogP contribution in [0.5, 0.6) is 0 Å². The van der Waals surface area contributed by atoms with Crippen LogP contribution in [-0.4, -0.2) is 4.98 Å². The number of nitrogens with zero attached hydrogens (tertiary/aromatic N) is 1. The maximum atomic E-state index is 12.4. The third-order valence-corrected chi connectivity index (χ3v) is 1.04. The zero-order chi connectivity index (χ0) is 10.9. The van der Waals surface area contributed by atoms with Gasteiger partial charge >= 0.3 is 0 Å². The van der Waals surface area contributed by atoms with E-state index in [0.29, 0.717) is 11.5 Å². The fraction of sp³-hybridized carbons (Fsp3) is 0.500. The Hall–Kier alpha value is -1.12. The summed E-state index contributed by atoms with van der Waals surface area (Å²) in [4.78, 5) is 3.68. The third kappa shape index (κ3) is 6.08. The lowest BCUT2D eigenvalue weighted by atomic mass is 10.3. The summed E-state index contributed by atoms with van der Waals surface area (Å²) < 4.78 is 12.4. The van der Waals surface area contributed by atoms with Crippen LogP contribution in [0.15, 0.2) is 12.1 Å². The molecule has 1 rings (SSSR count). The molecule has 0 aliphatic rings. The molecule has 1 aromatic rings. The summed E-state index contributed by atoms with van der Waals surface area (Å²) in [6, 6.07) is 2.74. The first-order valence-corrected chi connectivity index (χ1v) is 4.59. The largest absolute Gasteiger partial charge is 0.384 e. The molecule has 2 nitrogen and oxygen atoms in total. The molecule has 13 heavy (non-hydrogen) atoms. The van der Waals surface area contributed by atoms with Crippen LogP contribution in [0, 0.1) is 12.7 Å². The van der Waals surface area contributed by atoms with Crippen molar-refractivity contribution in [2.75, 3.05) is 5.73 Å². The number of hydrogen-bond acceptors (Lipinski definition) is 2. The lowest BCUT2D eigenvalue weighted by Crippen LogP contribution is -1.93. The van der Waals surface area contributed by atoms with Crippen LogP contribution in [0.3, 0.4) is 0 Å². The van der Waals surface area contributed by atoms with Crippen molar-refractivity contribution in [1.29, 1.82) is 0 Å². The Kier molecular flexibility index (Phi) is 9.94. The second-order valence-electron chi connectivity index (χ2n) is 1.80. The summed E-state index contributed by atoms with van der Waals surface area (Å²) >= 11 is 0. The average Bonchev–Trinajstić information content (AvgIpc) is 2.18. The molecule has 0 spiro atoms. The summed E-state index contributed by atoms with van der Waals surface area (Å²) in [6.07, 6.45) is 0. The number of halogens is 1. The van der Waals surface area contributed by atoms with Gasteiger partial charge in [-0.15, -0.1) is 0 Å². The zero-order valence-electron chi connectivity index (χ0n) is 9.06. The molecule has 0 aliphatic carbocycles. The molecule has 1 heterocycles. The predicted molar refractivity (Wildman–Crippen MR) is 56.0 cm³/mol. The van der Waals surface area contributed by atoms with E-state index in [1.807, 2.05) is 27.7 Å². The minimum Gasteiger partial charge on any atom is -0.384 e. The smallest absolute Gasteiger partial charge is 0.144 e. The van der Waals surface area contributed by atoms with Gasteiger partial charge in [-0.1, -0.05) is 27.7 Å². The Balaban J connectivity index is 0. The lowest BCUT2D eigenvalue weighted by molar-refractivity contribution is 0.610. The molecule has 0 unspecified atom stereocenters. The van der Waals surface area contributed by atoms with E-state index in [9.17, 15) is 4.39 Å². The van der Waals surface area contributed by atoms with Crippen molar-refractivity contribution in [3.63, 3.8) is 0 Å². The molecular weight excluding hydrogens is 167 g/mol. The van der Waals surface area contributed by atoms with Crippen molar-refractivity contribution in [3.05, 3.63) is 23.6 Å². The van der Waals surface area contributed by atoms with Crippen LogP contribution in [-0.2, 0) is 0 Å². The maximum absolute atomic E-state index is 12.4. The van der Waals surface area contributed by atoms with Crippen molar-refractivity contribution in [2.24, 2.45) is 0 Å². The predicted octanol–water partition coefficient (Wildman–Crippen LogP) is 3.16. The van der Waals surface area contributed by atoms with Gasteiger partial charge in [0.15, 0.2) is 0 Å². The second-order valence-corrected chi connectivity index (χ2v) is 1.80. The van der Waals surface area contributed by atoms with E-state index in [0.717, 1.165) is 0 Å². The summed E-state index contributed by atoms with van der Waals surface area (Å²) in [5, 5.41) is 0. The number of hydrogen-bond donors (Lipinski definition) is 1. The zero-order valence-corrected chi connectivity index (χ0v) is 9.06. The first-order valence-electron chi connectivity index (χ1n) is 4.59. The van der Waals surface area contributed by atoms with Crippen LogP contribution in [0.2, 0.25) is 0 Å². The topological polar surface area (TPSA) is 38.9 Å².